The Balaban J connectivity index is 2.48. The van der Waals surface area contributed by atoms with E-state index >= 15 is 0 Å². The van der Waals surface area contributed by atoms with Gasteiger partial charge >= 0.3 is 0 Å². The Kier molecular flexibility index (Phi) is 3.95. The third kappa shape index (κ3) is 2.69. The van der Waals surface area contributed by atoms with Crippen LogP contribution in [0.5, 0.6) is 0 Å². The quantitative estimate of drug-likeness (QED) is 0.635. The maximum Gasteiger partial charge on any atom is 0.0160 e. The summed E-state index contributed by atoms with van der Waals surface area (Å²) >= 11 is 2.22. The molecule has 0 aliphatic heterocycles. The maximum atomic E-state index is 2.36. The van der Waals surface area contributed by atoms with Gasteiger partial charge in [-0.1, -0.05) is 40.0 Å². The summed E-state index contributed by atoms with van der Waals surface area (Å²) < 4.78 is 0.659. The molecule has 0 aromatic rings. The normalized spacial score (nSPS) is 23.0. The summed E-state index contributed by atoms with van der Waals surface area (Å²) in [6.07, 6.45) is 8.70. The monoisotopic (exact) mass is 186 g/mol. The molecule has 0 radical (unpaired) electrons. The minimum absolute atomic E-state index is 0.659. The molecule has 1 aliphatic rings. The predicted octanol–water partition coefficient (Wildman–Crippen LogP) is 4.24. The molecule has 1 rings (SSSR count). The zero-order valence-electron chi connectivity index (χ0n) is 8.73. The lowest BCUT2D eigenvalue weighted by Crippen LogP contribution is -2.28. The van der Waals surface area contributed by atoms with E-state index in [4.69, 9.17) is 0 Å². The molecule has 72 valence electrons. The molecule has 1 fully saturated rings. The van der Waals surface area contributed by atoms with Gasteiger partial charge in [-0.2, -0.15) is 11.8 Å². The van der Waals surface area contributed by atoms with Gasteiger partial charge in [0.2, 0.25) is 0 Å². The average molecular weight is 186 g/mol. The van der Waals surface area contributed by atoms with E-state index in [9.17, 15) is 0 Å². The van der Waals surface area contributed by atoms with Crippen LogP contribution >= 0.6 is 11.8 Å². The Bertz CT molecular complexity index is 123. The summed E-state index contributed by atoms with van der Waals surface area (Å²) in [5.74, 6) is 0. The van der Waals surface area contributed by atoms with Crippen LogP contribution in [-0.2, 0) is 0 Å². The van der Waals surface area contributed by atoms with Crippen LogP contribution in [0.1, 0.15) is 59.3 Å². The van der Waals surface area contributed by atoms with Crippen LogP contribution < -0.4 is 0 Å². The minimum atomic E-state index is 0.659. The highest BCUT2D eigenvalue weighted by Gasteiger charge is 2.31. The van der Waals surface area contributed by atoms with Gasteiger partial charge in [0.15, 0.2) is 0 Å². The molecule has 0 saturated heterocycles. The van der Waals surface area contributed by atoms with Crippen molar-refractivity contribution in [3.8, 4) is 0 Å². The van der Waals surface area contributed by atoms with Crippen molar-refractivity contribution in [1.82, 2.24) is 0 Å². The van der Waals surface area contributed by atoms with E-state index in [1.54, 1.807) is 0 Å². The van der Waals surface area contributed by atoms with Crippen molar-refractivity contribution >= 4 is 11.8 Å². The molecule has 0 atom stereocenters. The molecule has 0 unspecified atom stereocenters. The molecule has 1 heteroatoms. The molecule has 0 aromatic carbocycles. The van der Waals surface area contributed by atoms with Crippen molar-refractivity contribution in [1.29, 1.82) is 0 Å². The van der Waals surface area contributed by atoms with Gasteiger partial charge in [-0.15, -0.1) is 0 Å². The van der Waals surface area contributed by atoms with Crippen LogP contribution in [0.3, 0.4) is 0 Å². The Morgan fingerprint density at radius 1 is 1.17 bits per heavy atom. The Hall–Kier alpha value is 0.350. The Morgan fingerprint density at radius 2 is 1.75 bits per heavy atom. The second-order valence-corrected chi connectivity index (χ2v) is 6.31. The topological polar surface area (TPSA) is 0 Å². The SMILES string of the molecule is CCC1(SC(C)C)CCCCC1. The first-order valence-electron chi connectivity index (χ1n) is 5.36. The van der Waals surface area contributed by atoms with Gasteiger partial charge in [-0.3, -0.25) is 0 Å². The fourth-order valence-corrected chi connectivity index (χ4v) is 3.94. The summed E-state index contributed by atoms with van der Waals surface area (Å²) in [5.41, 5.74) is 0. The molecule has 12 heavy (non-hydrogen) atoms. The number of hydrogen-bond donors (Lipinski definition) is 0. The third-order valence-electron chi connectivity index (χ3n) is 2.89. The molecule has 0 aromatic heterocycles. The maximum absolute atomic E-state index is 2.36. The van der Waals surface area contributed by atoms with Gasteiger partial charge in [0.25, 0.3) is 0 Å². The highest BCUT2D eigenvalue weighted by Crippen LogP contribution is 2.44. The molecule has 0 heterocycles. The van der Waals surface area contributed by atoms with Crippen molar-refractivity contribution in [3.05, 3.63) is 0 Å². The molecule has 0 spiro atoms. The smallest absolute Gasteiger partial charge is 0.0160 e. The Morgan fingerprint density at radius 3 is 2.17 bits per heavy atom. The molecular weight excluding hydrogens is 164 g/mol. The second kappa shape index (κ2) is 4.55. The molecule has 0 N–H and O–H groups in total. The van der Waals surface area contributed by atoms with Gasteiger partial charge in [0, 0.05) is 4.75 Å². The van der Waals surface area contributed by atoms with Crippen molar-refractivity contribution in [2.75, 3.05) is 0 Å². The van der Waals surface area contributed by atoms with Crippen molar-refractivity contribution in [2.24, 2.45) is 0 Å². The fraction of sp³-hybridized carbons (Fsp3) is 1.00. The predicted molar refractivity (Wildman–Crippen MR) is 58.8 cm³/mol. The van der Waals surface area contributed by atoms with Gasteiger partial charge < -0.3 is 0 Å². The molecule has 0 nitrogen and oxygen atoms in total. The summed E-state index contributed by atoms with van der Waals surface area (Å²) in [5, 5.41) is 0.808. The summed E-state index contributed by atoms with van der Waals surface area (Å²) in [4.78, 5) is 0. The van der Waals surface area contributed by atoms with Gasteiger partial charge in [0.05, 0.1) is 0 Å². The first kappa shape index (κ1) is 10.4. The lowest BCUT2D eigenvalue weighted by molar-refractivity contribution is 0.387. The van der Waals surface area contributed by atoms with E-state index in [1.165, 1.54) is 38.5 Å². The summed E-state index contributed by atoms with van der Waals surface area (Å²) in [6.45, 7) is 7.02. The van der Waals surface area contributed by atoms with E-state index in [2.05, 4.69) is 32.5 Å². The minimum Gasteiger partial charge on any atom is -0.152 e. The fourth-order valence-electron chi connectivity index (χ4n) is 2.25. The zero-order valence-corrected chi connectivity index (χ0v) is 9.54. The van der Waals surface area contributed by atoms with Crippen LogP contribution in [-0.4, -0.2) is 10.00 Å². The highest BCUT2D eigenvalue weighted by atomic mass is 32.2. The average Bonchev–Trinajstić information content (AvgIpc) is 2.05. The van der Waals surface area contributed by atoms with Gasteiger partial charge in [-0.25, -0.2) is 0 Å². The zero-order chi connectivity index (χ0) is 9.03. The molecule has 1 aliphatic carbocycles. The van der Waals surface area contributed by atoms with E-state index < -0.39 is 0 Å². The number of thioether (sulfide) groups is 1. The van der Waals surface area contributed by atoms with Crippen molar-refractivity contribution in [3.63, 3.8) is 0 Å². The third-order valence-corrected chi connectivity index (χ3v) is 4.56. The Labute approximate surface area is 81.5 Å². The number of rotatable bonds is 3. The van der Waals surface area contributed by atoms with Crippen LogP contribution in [0.2, 0.25) is 0 Å². The van der Waals surface area contributed by atoms with Crippen LogP contribution in [0.25, 0.3) is 0 Å². The summed E-state index contributed by atoms with van der Waals surface area (Å²) in [6, 6.07) is 0. The van der Waals surface area contributed by atoms with E-state index in [1.807, 2.05) is 0 Å². The molecule has 1 saturated carbocycles. The lowest BCUT2D eigenvalue weighted by Gasteiger charge is -2.37. The first-order chi connectivity index (χ1) is 5.68. The summed E-state index contributed by atoms with van der Waals surface area (Å²) in [7, 11) is 0. The van der Waals surface area contributed by atoms with Crippen LogP contribution in [0.15, 0.2) is 0 Å². The molecule has 0 bridgehead atoms. The second-order valence-electron chi connectivity index (χ2n) is 4.26. The van der Waals surface area contributed by atoms with Crippen molar-refractivity contribution in [2.45, 2.75) is 69.3 Å². The molecule has 0 amide bonds. The van der Waals surface area contributed by atoms with Crippen LogP contribution in [0, 0.1) is 0 Å². The molecular formula is C11H22S. The largest absolute Gasteiger partial charge is 0.152 e. The van der Waals surface area contributed by atoms with E-state index in [0.29, 0.717) is 4.75 Å². The standard InChI is InChI=1S/C11H22S/c1-4-11(12-10(2)3)8-6-5-7-9-11/h10H,4-9H2,1-3H3. The van der Waals surface area contributed by atoms with Gasteiger partial charge in [-0.05, 0) is 24.5 Å². The van der Waals surface area contributed by atoms with Crippen LogP contribution in [0.4, 0.5) is 0 Å². The van der Waals surface area contributed by atoms with Gasteiger partial charge in [0.1, 0.15) is 0 Å². The first-order valence-corrected chi connectivity index (χ1v) is 6.24. The lowest BCUT2D eigenvalue weighted by atomic mass is 9.86. The van der Waals surface area contributed by atoms with E-state index in [-0.39, 0.29) is 0 Å². The highest BCUT2D eigenvalue weighted by molar-refractivity contribution is 8.01. The van der Waals surface area contributed by atoms with E-state index in [0.717, 1.165) is 5.25 Å². The number of hydrogen-bond acceptors (Lipinski definition) is 1. The van der Waals surface area contributed by atoms with Crippen molar-refractivity contribution < 1.29 is 0 Å².